The number of rotatable bonds is 2. The minimum absolute atomic E-state index is 0.194. The molecule has 2 rings (SSSR count). The highest BCUT2D eigenvalue weighted by molar-refractivity contribution is 5.00. The number of aromatic amines is 1. The Morgan fingerprint density at radius 3 is 3.00 bits per heavy atom. The Balaban J connectivity index is 2.28. The summed E-state index contributed by atoms with van der Waals surface area (Å²) in [6.45, 7) is 0. The van der Waals surface area contributed by atoms with Crippen molar-refractivity contribution in [3.8, 4) is 0 Å². The van der Waals surface area contributed by atoms with Crippen LogP contribution in [0.5, 0.6) is 0 Å². The molecule has 0 radical (unpaired) electrons. The highest BCUT2D eigenvalue weighted by Gasteiger charge is 2.18. The predicted molar refractivity (Wildman–Crippen MR) is 39.2 cm³/mol. The molecule has 0 amide bonds. The second-order valence-corrected chi connectivity index (χ2v) is 2.41. The molecule has 2 aromatic rings. The van der Waals surface area contributed by atoms with E-state index in [1.165, 1.54) is 11.1 Å². The summed E-state index contributed by atoms with van der Waals surface area (Å²) in [6.07, 6.45) is 0.297. The van der Waals surface area contributed by atoms with Crippen molar-refractivity contribution in [2.45, 2.75) is 6.10 Å². The lowest BCUT2D eigenvalue weighted by Crippen LogP contribution is -2.05. The van der Waals surface area contributed by atoms with Crippen LogP contribution in [0, 0.1) is 0 Å². The predicted octanol–water partition coefficient (Wildman–Crippen LogP) is -1.59. The number of aryl methyl sites for hydroxylation is 1. The smallest absolute Gasteiger partial charge is 0.210 e. The zero-order chi connectivity index (χ0) is 9.26. The van der Waals surface area contributed by atoms with Crippen LogP contribution in [0.4, 0.5) is 0 Å². The van der Waals surface area contributed by atoms with Gasteiger partial charge in [-0.3, -0.25) is 5.10 Å². The third-order valence-electron chi connectivity index (χ3n) is 1.46. The SMILES string of the molecule is Cn1nnc(C(O)c2ncn[nH]2)n1. The Morgan fingerprint density at radius 2 is 2.46 bits per heavy atom. The van der Waals surface area contributed by atoms with E-state index in [0.29, 0.717) is 5.82 Å². The zero-order valence-corrected chi connectivity index (χ0v) is 6.79. The number of aliphatic hydroxyl groups is 1. The van der Waals surface area contributed by atoms with Crippen molar-refractivity contribution in [1.82, 2.24) is 35.4 Å². The molecule has 0 bridgehead atoms. The number of hydrogen-bond acceptors (Lipinski definition) is 6. The molecular formula is C5H7N7O. The van der Waals surface area contributed by atoms with E-state index in [9.17, 15) is 5.11 Å². The molecule has 8 nitrogen and oxygen atoms in total. The normalized spacial score (nSPS) is 13.1. The molecule has 1 unspecified atom stereocenters. The van der Waals surface area contributed by atoms with Crippen LogP contribution >= 0.6 is 0 Å². The second kappa shape index (κ2) is 2.90. The number of aromatic nitrogens is 7. The molecule has 13 heavy (non-hydrogen) atoms. The summed E-state index contributed by atoms with van der Waals surface area (Å²) in [5.74, 6) is 0.493. The highest BCUT2D eigenvalue weighted by Crippen LogP contribution is 2.11. The van der Waals surface area contributed by atoms with Gasteiger partial charge in [-0.25, -0.2) is 4.98 Å². The summed E-state index contributed by atoms with van der Waals surface area (Å²) in [4.78, 5) is 5.03. The number of nitrogens with zero attached hydrogens (tertiary/aromatic N) is 6. The molecule has 0 saturated carbocycles. The third-order valence-corrected chi connectivity index (χ3v) is 1.46. The highest BCUT2D eigenvalue weighted by atomic mass is 16.3. The quantitative estimate of drug-likeness (QED) is 0.578. The van der Waals surface area contributed by atoms with Crippen LogP contribution in [-0.2, 0) is 7.05 Å². The summed E-state index contributed by atoms with van der Waals surface area (Å²) in [5.41, 5.74) is 0. The summed E-state index contributed by atoms with van der Waals surface area (Å²) in [6, 6.07) is 0. The average molecular weight is 181 g/mol. The molecule has 1 atom stereocenters. The summed E-state index contributed by atoms with van der Waals surface area (Å²) in [5, 5.41) is 26.7. The van der Waals surface area contributed by atoms with E-state index in [1.54, 1.807) is 7.05 Å². The van der Waals surface area contributed by atoms with Crippen LogP contribution < -0.4 is 0 Å². The standard InChI is InChI=1S/C5H7N7O/c1-12-10-5(9-11-12)3(13)4-6-2-7-8-4/h2-3,13H,1H3,(H,6,7,8). The van der Waals surface area contributed by atoms with E-state index in [0.717, 1.165) is 0 Å². The maximum Gasteiger partial charge on any atom is 0.210 e. The Kier molecular flexibility index (Phi) is 1.74. The molecule has 0 aliphatic carbocycles. The molecule has 0 aromatic carbocycles. The van der Waals surface area contributed by atoms with Crippen LogP contribution in [0.2, 0.25) is 0 Å². The first-order valence-electron chi connectivity index (χ1n) is 3.54. The van der Waals surface area contributed by atoms with E-state index >= 15 is 0 Å². The van der Waals surface area contributed by atoms with Crippen molar-refractivity contribution in [3.05, 3.63) is 18.0 Å². The molecule has 0 fully saturated rings. The van der Waals surface area contributed by atoms with E-state index in [1.807, 2.05) is 0 Å². The summed E-state index contributed by atoms with van der Waals surface area (Å²) in [7, 11) is 1.61. The van der Waals surface area contributed by atoms with Crippen LogP contribution in [-0.4, -0.2) is 40.5 Å². The van der Waals surface area contributed by atoms with Gasteiger partial charge in [-0.2, -0.15) is 9.90 Å². The molecule has 0 aliphatic rings. The first kappa shape index (κ1) is 7.80. The van der Waals surface area contributed by atoms with E-state index in [-0.39, 0.29) is 5.82 Å². The number of H-pyrrole nitrogens is 1. The third kappa shape index (κ3) is 1.38. The maximum absolute atomic E-state index is 9.58. The molecule has 0 aliphatic heterocycles. The van der Waals surface area contributed by atoms with Crippen LogP contribution in [0.15, 0.2) is 6.33 Å². The lowest BCUT2D eigenvalue weighted by Gasteiger charge is -1.98. The molecule has 68 valence electrons. The molecule has 0 spiro atoms. The lowest BCUT2D eigenvalue weighted by atomic mass is 10.3. The minimum atomic E-state index is -1.00. The monoisotopic (exact) mass is 181 g/mol. The first-order valence-corrected chi connectivity index (χ1v) is 3.54. The Morgan fingerprint density at radius 1 is 1.62 bits per heavy atom. The van der Waals surface area contributed by atoms with Gasteiger partial charge in [-0.05, 0) is 5.21 Å². The number of nitrogens with one attached hydrogen (secondary N) is 1. The van der Waals surface area contributed by atoms with Crippen molar-refractivity contribution in [2.24, 2.45) is 7.05 Å². The summed E-state index contributed by atoms with van der Waals surface area (Å²) < 4.78 is 0. The topological polar surface area (TPSA) is 105 Å². The zero-order valence-electron chi connectivity index (χ0n) is 6.79. The van der Waals surface area contributed by atoms with Crippen molar-refractivity contribution in [1.29, 1.82) is 0 Å². The average Bonchev–Trinajstić information content (AvgIpc) is 2.72. The largest absolute Gasteiger partial charge is 0.377 e. The maximum atomic E-state index is 9.58. The molecule has 0 saturated heterocycles. The molecule has 2 aromatic heterocycles. The van der Waals surface area contributed by atoms with Gasteiger partial charge in [0.1, 0.15) is 6.33 Å². The van der Waals surface area contributed by atoms with Gasteiger partial charge < -0.3 is 5.11 Å². The first-order chi connectivity index (χ1) is 6.27. The lowest BCUT2D eigenvalue weighted by molar-refractivity contribution is 0.199. The van der Waals surface area contributed by atoms with Crippen molar-refractivity contribution < 1.29 is 5.11 Å². The van der Waals surface area contributed by atoms with Crippen molar-refractivity contribution >= 4 is 0 Å². The van der Waals surface area contributed by atoms with Gasteiger partial charge in [0.25, 0.3) is 0 Å². The number of hydrogen-bond donors (Lipinski definition) is 2. The van der Waals surface area contributed by atoms with Gasteiger partial charge >= 0.3 is 0 Å². The fraction of sp³-hybridized carbons (Fsp3) is 0.400. The van der Waals surface area contributed by atoms with Gasteiger partial charge in [0, 0.05) is 0 Å². The van der Waals surface area contributed by atoms with E-state index in [2.05, 4.69) is 30.6 Å². The Labute approximate surface area is 72.6 Å². The fourth-order valence-corrected chi connectivity index (χ4v) is 0.877. The van der Waals surface area contributed by atoms with Gasteiger partial charge in [-0.1, -0.05) is 0 Å². The minimum Gasteiger partial charge on any atom is -0.377 e. The van der Waals surface area contributed by atoms with Gasteiger partial charge in [0.2, 0.25) is 5.82 Å². The molecule has 2 heterocycles. The molecule has 2 N–H and O–H groups in total. The molecular weight excluding hydrogens is 174 g/mol. The van der Waals surface area contributed by atoms with Gasteiger partial charge in [-0.15, -0.1) is 10.2 Å². The van der Waals surface area contributed by atoms with Crippen molar-refractivity contribution in [2.75, 3.05) is 0 Å². The Bertz CT molecular complexity index is 379. The van der Waals surface area contributed by atoms with Crippen LogP contribution in [0.1, 0.15) is 17.8 Å². The van der Waals surface area contributed by atoms with Gasteiger partial charge in [0.15, 0.2) is 11.9 Å². The summed E-state index contributed by atoms with van der Waals surface area (Å²) >= 11 is 0. The van der Waals surface area contributed by atoms with Gasteiger partial charge in [0.05, 0.1) is 7.05 Å². The molecule has 8 heteroatoms. The van der Waals surface area contributed by atoms with Crippen molar-refractivity contribution in [3.63, 3.8) is 0 Å². The van der Waals surface area contributed by atoms with Crippen LogP contribution in [0.25, 0.3) is 0 Å². The van der Waals surface area contributed by atoms with E-state index in [4.69, 9.17) is 0 Å². The second-order valence-electron chi connectivity index (χ2n) is 2.41. The Hall–Kier alpha value is -1.83. The number of tetrazole rings is 1. The number of aliphatic hydroxyl groups excluding tert-OH is 1. The van der Waals surface area contributed by atoms with Crippen LogP contribution in [0.3, 0.4) is 0 Å². The fourth-order valence-electron chi connectivity index (χ4n) is 0.877. The van der Waals surface area contributed by atoms with E-state index < -0.39 is 6.10 Å².